The van der Waals surface area contributed by atoms with Gasteiger partial charge in [0.1, 0.15) is 11.4 Å². The molecule has 2 amide bonds. The van der Waals surface area contributed by atoms with E-state index in [4.69, 9.17) is 4.74 Å². The van der Waals surface area contributed by atoms with Gasteiger partial charge in [0.05, 0.1) is 11.1 Å². The molecular weight excluding hydrogens is 448 g/mol. The van der Waals surface area contributed by atoms with Crippen molar-refractivity contribution in [2.75, 3.05) is 13.1 Å². The Labute approximate surface area is 168 Å². The van der Waals surface area contributed by atoms with Crippen LogP contribution in [0.15, 0.2) is 16.6 Å². The minimum Gasteiger partial charge on any atom is -0.444 e. The number of nitrogens with one attached hydrogen (secondary N) is 1. The van der Waals surface area contributed by atoms with Crippen LogP contribution >= 0.6 is 15.9 Å². The summed E-state index contributed by atoms with van der Waals surface area (Å²) in [7, 11) is 0. The van der Waals surface area contributed by atoms with Crippen molar-refractivity contribution in [1.29, 1.82) is 0 Å². The molecule has 1 aliphatic rings. The first-order valence-electron chi connectivity index (χ1n) is 8.63. The van der Waals surface area contributed by atoms with Crippen molar-refractivity contribution in [2.45, 2.75) is 51.4 Å². The maximum absolute atomic E-state index is 14.4. The summed E-state index contributed by atoms with van der Waals surface area (Å²) in [6, 6.07) is 1.14. The number of hydrogen-bond donors (Lipinski definition) is 1. The first-order chi connectivity index (χ1) is 12.8. The average molecular weight is 469 g/mol. The molecule has 28 heavy (non-hydrogen) atoms. The molecule has 1 N–H and O–H groups in total. The molecule has 1 fully saturated rings. The van der Waals surface area contributed by atoms with E-state index in [1.165, 1.54) is 4.90 Å². The Morgan fingerprint density at radius 1 is 1.25 bits per heavy atom. The summed E-state index contributed by atoms with van der Waals surface area (Å²) in [5.74, 6) is -2.49. The van der Waals surface area contributed by atoms with E-state index in [9.17, 15) is 27.2 Å². The second-order valence-corrected chi connectivity index (χ2v) is 8.37. The molecule has 1 aromatic carbocycles. The first kappa shape index (κ1) is 22.4. The monoisotopic (exact) mass is 468 g/mol. The number of alkyl carbamates (subject to hydrolysis) is 1. The van der Waals surface area contributed by atoms with Crippen LogP contribution in [0.4, 0.5) is 22.4 Å². The van der Waals surface area contributed by atoms with Gasteiger partial charge in [-0.15, -0.1) is 0 Å². The Balaban J connectivity index is 2.18. The third kappa shape index (κ3) is 5.59. The van der Waals surface area contributed by atoms with Crippen molar-refractivity contribution in [1.82, 2.24) is 10.2 Å². The van der Waals surface area contributed by atoms with Gasteiger partial charge in [0.2, 0.25) is 0 Å². The molecule has 1 aromatic rings. The Morgan fingerprint density at radius 3 is 2.46 bits per heavy atom. The molecular formula is C18H21BrF4N2O3. The quantitative estimate of drug-likeness (QED) is 0.637. The topological polar surface area (TPSA) is 58.6 Å². The minimum absolute atomic E-state index is 0.0419. The number of nitrogens with zero attached hydrogens (tertiary/aromatic N) is 1. The molecule has 1 saturated heterocycles. The highest BCUT2D eigenvalue weighted by atomic mass is 79.9. The van der Waals surface area contributed by atoms with Gasteiger partial charge in [0.15, 0.2) is 0 Å². The summed E-state index contributed by atoms with van der Waals surface area (Å²) in [6.07, 6.45) is -4.50. The van der Waals surface area contributed by atoms with Gasteiger partial charge >= 0.3 is 12.3 Å². The van der Waals surface area contributed by atoms with Gasteiger partial charge in [0.25, 0.3) is 5.91 Å². The fraction of sp³-hybridized carbons (Fsp3) is 0.556. The summed E-state index contributed by atoms with van der Waals surface area (Å²) in [5.41, 5.74) is -2.87. The molecule has 0 saturated carbocycles. The normalized spacial score (nSPS) is 18.0. The number of carbonyl (C=O) groups excluding carboxylic acids is 2. The third-order valence-electron chi connectivity index (χ3n) is 4.04. The number of amides is 2. The number of rotatable bonds is 2. The number of benzene rings is 1. The van der Waals surface area contributed by atoms with Crippen molar-refractivity contribution < 1.29 is 31.9 Å². The van der Waals surface area contributed by atoms with Crippen molar-refractivity contribution in [3.05, 3.63) is 33.5 Å². The lowest BCUT2D eigenvalue weighted by Gasteiger charge is -2.34. The number of piperidine rings is 1. The van der Waals surface area contributed by atoms with Crippen LogP contribution in [0.5, 0.6) is 0 Å². The number of likely N-dealkylation sites (tertiary alicyclic amines) is 1. The lowest BCUT2D eigenvalue weighted by Crippen LogP contribution is -2.50. The summed E-state index contributed by atoms with van der Waals surface area (Å²) < 4.78 is 58.4. The van der Waals surface area contributed by atoms with E-state index >= 15 is 0 Å². The Kier molecular flexibility index (Phi) is 6.62. The van der Waals surface area contributed by atoms with Crippen LogP contribution in [0.3, 0.4) is 0 Å². The summed E-state index contributed by atoms with van der Waals surface area (Å²) in [5, 5.41) is 2.64. The number of hydrogen-bond acceptors (Lipinski definition) is 3. The number of alkyl halides is 3. The van der Waals surface area contributed by atoms with Crippen LogP contribution in [-0.2, 0) is 10.9 Å². The molecule has 10 heteroatoms. The summed E-state index contributed by atoms with van der Waals surface area (Å²) in [4.78, 5) is 25.9. The molecule has 0 radical (unpaired) electrons. The number of halogens is 5. The van der Waals surface area contributed by atoms with Crippen LogP contribution < -0.4 is 5.32 Å². The van der Waals surface area contributed by atoms with E-state index in [-0.39, 0.29) is 17.6 Å². The van der Waals surface area contributed by atoms with E-state index in [0.29, 0.717) is 18.9 Å². The van der Waals surface area contributed by atoms with Crippen LogP contribution in [0.1, 0.15) is 49.5 Å². The molecule has 1 heterocycles. The van der Waals surface area contributed by atoms with Gasteiger partial charge in [0, 0.05) is 23.6 Å². The third-order valence-corrected chi connectivity index (χ3v) is 4.70. The molecule has 0 aliphatic carbocycles. The molecule has 1 unspecified atom stereocenters. The maximum atomic E-state index is 14.4. The number of ether oxygens (including phenoxy) is 1. The van der Waals surface area contributed by atoms with Gasteiger partial charge in [-0.25, -0.2) is 9.18 Å². The van der Waals surface area contributed by atoms with E-state index in [2.05, 4.69) is 21.2 Å². The van der Waals surface area contributed by atoms with Crippen molar-refractivity contribution in [3.63, 3.8) is 0 Å². The Hall–Kier alpha value is -1.84. The molecule has 0 aromatic heterocycles. The molecule has 5 nitrogen and oxygen atoms in total. The highest BCUT2D eigenvalue weighted by Gasteiger charge is 2.38. The molecule has 1 aliphatic heterocycles. The van der Waals surface area contributed by atoms with Gasteiger partial charge in [-0.3, -0.25) is 4.79 Å². The Morgan fingerprint density at radius 2 is 1.89 bits per heavy atom. The second-order valence-electron chi connectivity index (χ2n) is 7.52. The zero-order valence-corrected chi connectivity index (χ0v) is 17.2. The maximum Gasteiger partial charge on any atom is 0.419 e. The Bertz CT molecular complexity index is 762. The standard InChI is InChI=1S/C18H21BrF4N2O3/c1-17(2,3)28-16(27)24-10-5-4-8-25(9-10)15(26)13-12(19)7-6-11(14(13)20)18(21,22)23/h6-7,10H,4-5,8-9H2,1-3H3,(H,24,27). The van der Waals surface area contributed by atoms with Crippen molar-refractivity contribution >= 4 is 27.9 Å². The van der Waals surface area contributed by atoms with Gasteiger partial charge in [-0.05, 0) is 61.7 Å². The average Bonchev–Trinajstić information content (AvgIpc) is 2.51. The molecule has 0 bridgehead atoms. The highest BCUT2D eigenvalue weighted by Crippen LogP contribution is 2.35. The summed E-state index contributed by atoms with van der Waals surface area (Å²) >= 11 is 2.96. The van der Waals surface area contributed by atoms with Gasteiger partial charge in [-0.2, -0.15) is 13.2 Å². The zero-order chi connectivity index (χ0) is 21.3. The molecule has 0 spiro atoms. The van der Waals surface area contributed by atoms with Crippen LogP contribution in [0.25, 0.3) is 0 Å². The first-order valence-corrected chi connectivity index (χ1v) is 9.43. The summed E-state index contributed by atoms with van der Waals surface area (Å²) in [6.45, 7) is 5.40. The van der Waals surface area contributed by atoms with Gasteiger partial charge in [-0.1, -0.05) is 0 Å². The zero-order valence-electron chi connectivity index (χ0n) is 15.6. The predicted molar refractivity (Wildman–Crippen MR) is 97.4 cm³/mol. The van der Waals surface area contributed by atoms with Gasteiger partial charge < -0.3 is 15.0 Å². The van der Waals surface area contributed by atoms with Crippen molar-refractivity contribution in [3.8, 4) is 0 Å². The van der Waals surface area contributed by atoms with E-state index in [1.54, 1.807) is 20.8 Å². The van der Waals surface area contributed by atoms with E-state index in [1.807, 2.05) is 0 Å². The SMILES string of the molecule is CC(C)(C)OC(=O)NC1CCCN(C(=O)c2c(Br)ccc(C(F)(F)F)c2F)C1. The molecule has 2 rings (SSSR count). The highest BCUT2D eigenvalue weighted by molar-refractivity contribution is 9.10. The van der Waals surface area contributed by atoms with E-state index in [0.717, 1.165) is 6.07 Å². The fourth-order valence-corrected chi connectivity index (χ4v) is 3.36. The minimum atomic E-state index is -4.91. The largest absolute Gasteiger partial charge is 0.444 e. The van der Waals surface area contributed by atoms with Crippen molar-refractivity contribution in [2.24, 2.45) is 0 Å². The fourth-order valence-electron chi connectivity index (χ4n) is 2.88. The lowest BCUT2D eigenvalue weighted by atomic mass is 10.0. The second kappa shape index (κ2) is 8.26. The van der Waals surface area contributed by atoms with E-state index < -0.39 is 46.8 Å². The van der Waals surface area contributed by atoms with Crippen LogP contribution in [0, 0.1) is 5.82 Å². The van der Waals surface area contributed by atoms with Crippen LogP contribution in [0.2, 0.25) is 0 Å². The lowest BCUT2D eigenvalue weighted by molar-refractivity contribution is -0.140. The smallest absolute Gasteiger partial charge is 0.419 e. The van der Waals surface area contributed by atoms with Crippen LogP contribution in [-0.4, -0.2) is 41.6 Å². The predicted octanol–water partition coefficient (Wildman–Crippen LogP) is 4.74. The number of carbonyl (C=O) groups is 2. The molecule has 156 valence electrons. The molecule has 1 atom stereocenters.